The van der Waals surface area contributed by atoms with Crippen LogP contribution in [0.3, 0.4) is 0 Å². The van der Waals surface area contributed by atoms with Crippen LogP contribution in [-0.4, -0.2) is 29.6 Å². The molecule has 12 heteroatoms. The van der Waals surface area contributed by atoms with Gasteiger partial charge in [0, 0.05) is 5.56 Å². The van der Waals surface area contributed by atoms with Crippen molar-refractivity contribution in [1.29, 1.82) is 0 Å². The Morgan fingerprint density at radius 2 is 1.77 bits per heavy atom. The third-order valence-electron chi connectivity index (χ3n) is 8.02. The highest BCUT2D eigenvalue weighted by Crippen LogP contribution is 2.51. The number of nitrogens with zero attached hydrogens (tertiary/aromatic N) is 1. The van der Waals surface area contributed by atoms with Gasteiger partial charge in [0.1, 0.15) is 5.71 Å². The number of oxime groups is 1. The van der Waals surface area contributed by atoms with Gasteiger partial charge in [-0.25, -0.2) is 4.39 Å². The summed E-state index contributed by atoms with van der Waals surface area (Å²) in [6, 6.07) is 1.09. The van der Waals surface area contributed by atoms with Gasteiger partial charge >= 0.3 is 6.18 Å². The Labute approximate surface area is 241 Å². The van der Waals surface area contributed by atoms with E-state index in [1.165, 1.54) is 0 Å². The summed E-state index contributed by atoms with van der Waals surface area (Å²) < 4.78 is 57.6. The van der Waals surface area contributed by atoms with Crippen LogP contribution in [0.1, 0.15) is 76.2 Å². The van der Waals surface area contributed by atoms with E-state index in [-0.39, 0.29) is 11.5 Å². The molecule has 0 radical (unpaired) electrons. The third-order valence-corrected chi connectivity index (χ3v) is 9.90. The molecule has 0 saturated heterocycles. The van der Waals surface area contributed by atoms with Crippen molar-refractivity contribution in [2.75, 3.05) is 0 Å². The number of allylic oxidation sites excluding steroid dienone is 1. The first kappa shape index (κ1) is 27.7. The molecule has 2 unspecified atom stereocenters. The average Bonchev–Trinajstić information content (AvgIpc) is 3.31. The van der Waals surface area contributed by atoms with Gasteiger partial charge in [-0.1, -0.05) is 34.4 Å². The standard InChI is InChI=1S/C28H24Cl2F4N2O3S/c29-18-10-15(11-19(30)22(18)31)27(28(32,33)34)12-21(36-39-27)24-16-3-1-2-4-17(16)25(40-24)26(38)35-20-8-7-14(23(20)37)9-13-5-6-13/h9-11,13,20H,1-8,12H2,(H,35,38)/b14-9+. The SMILES string of the molecule is O=C(NC1CC/C(=C\C2CC2)C1=O)c1sc(C2=NOC(c3cc(Cl)c(F)c(Cl)c3)(C(F)(F)F)C2)c2c1CCCC2. The summed E-state index contributed by atoms with van der Waals surface area (Å²) in [5.41, 5.74) is -1.01. The minimum Gasteiger partial charge on any atom is -0.374 e. The molecule has 40 heavy (non-hydrogen) atoms. The van der Waals surface area contributed by atoms with Crippen molar-refractivity contribution in [2.24, 2.45) is 11.1 Å². The van der Waals surface area contributed by atoms with Gasteiger partial charge in [-0.15, -0.1) is 11.3 Å². The van der Waals surface area contributed by atoms with Crippen LogP contribution in [0.4, 0.5) is 17.6 Å². The van der Waals surface area contributed by atoms with Crippen molar-refractivity contribution in [3.8, 4) is 0 Å². The maximum Gasteiger partial charge on any atom is 0.435 e. The topological polar surface area (TPSA) is 67.8 Å². The zero-order valence-corrected chi connectivity index (χ0v) is 23.4. The predicted octanol–water partition coefficient (Wildman–Crippen LogP) is 7.45. The second-order valence-corrected chi connectivity index (χ2v) is 12.6. The van der Waals surface area contributed by atoms with E-state index >= 15 is 0 Å². The van der Waals surface area contributed by atoms with Crippen molar-refractivity contribution in [1.82, 2.24) is 5.32 Å². The Morgan fingerprint density at radius 3 is 2.42 bits per heavy atom. The highest BCUT2D eigenvalue weighted by Gasteiger charge is 2.63. The molecule has 2 fully saturated rings. The molecule has 1 N–H and O–H groups in total. The average molecular weight is 615 g/mol. The summed E-state index contributed by atoms with van der Waals surface area (Å²) in [6.45, 7) is 0. The zero-order chi connectivity index (χ0) is 28.4. The molecule has 2 atom stereocenters. The van der Waals surface area contributed by atoms with Gasteiger partial charge in [0.25, 0.3) is 11.5 Å². The van der Waals surface area contributed by atoms with Crippen LogP contribution in [0, 0.1) is 11.7 Å². The summed E-state index contributed by atoms with van der Waals surface area (Å²) in [6.07, 6.45) is 2.54. The van der Waals surface area contributed by atoms with Crippen LogP contribution in [0.2, 0.25) is 10.0 Å². The zero-order valence-electron chi connectivity index (χ0n) is 21.1. The van der Waals surface area contributed by atoms with Gasteiger partial charge in [-0.2, -0.15) is 13.2 Å². The Balaban J connectivity index is 1.30. The van der Waals surface area contributed by atoms with E-state index in [0.29, 0.717) is 41.4 Å². The third kappa shape index (κ3) is 4.75. The lowest BCUT2D eigenvalue weighted by atomic mass is 9.85. The number of carbonyl (C=O) groups is 2. The number of rotatable bonds is 5. The number of Topliss-reactive ketones (excluding diaryl/α,β-unsaturated/α-hetero) is 1. The van der Waals surface area contributed by atoms with Gasteiger partial charge in [0.05, 0.1) is 32.3 Å². The second-order valence-electron chi connectivity index (χ2n) is 10.8. The van der Waals surface area contributed by atoms with Crippen LogP contribution in [0.25, 0.3) is 0 Å². The van der Waals surface area contributed by atoms with Crippen LogP contribution in [0.5, 0.6) is 0 Å². The fraction of sp³-hybridized carbons (Fsp3) is 0.464. The molecule has 1 amide bonds. The van der Waals surface area contributed by atoms with E-state index in [2.05, 4.69) is 10.5 Å². The smallest absolute Gasteiger partial charge is 0.374 e. The monoisotopic (exact) mass is 614 g/mol. The molecule has 1 aromatic heterocycles. The number of nitrogens with one attached hydrogen (secondary N) is 1. The summed E-state index contributed by atoms with van der Waals surface area (Å²) in [7, 11) is 0. The van der Waals surface area contributed by atoms with Gasteiger partial charge in [-0.3, -0.25) is 9.59 Å². The van der Waals surface area contributed by atoms with Crippen LogP contribution < -0.4 is 5.32 Å². The fourth-order valence-electron chi connectivity index (χ4n) is 5.71. The van der Waals surface area contributed by atoms with E-state index < -0.39 is 51.6 Å². The fourth-order valence-corrected chi connectivity index (χ4v) is 7.48. The molecule has 3 aliphatic carbocycles. The van der Waals surface area contributed by atoms with Crippen molar-refractivity contribution >= 4 is 51.9 Å². The maximum absolute atomic E-state index is 14.5. The molecule has 2 saturated carbocycles. The Hall–Kier alpha value is -2.43. The summed E-state index contributed by atoms with van der Waals surface area (Å²) >= 11 is 12.7. The quantitative estimate of drug-likeness (QED) is 0.216. The predicted molar refractivity (Wildman–Crippen MR) is 144 cm³/mol. The number of ketones is 1. The first-order valence-corrected chi connectivity index (χ1v) is 14.7. The maximum atomic E-state index is 14.5. The summed E-state index contributed by atoms with van der Waals surface area (Å²) in [4.78, 5) is 32.2. The number of benzene rings is 1. The van der Waals surface area contributed by atoms with E-state index in [0.717, 1.165) is 65.9 Å². The largest absolute Gasteiger partial charge is 0.435 e. The van der Waals surface area contributed by atoms with Gasteiger partial charge < -0.3 is 10.2 Å². The normalized spacial score (nSPS) is 25.6. The molecule has 0 spiro atoms. The highest BCUT2D eigenvalue weighted by atomic mass is 35.5. The number of thiophene rings is 1. The molecular formula is C28H24Cl2F4N2O3S. The number of hydrogen-bond donors (Lipinski definition) is 1. The van der Waals surface area contributed by atoms with Crippen molar-refractivity contribution in [2.45, 2.75) is 75.6 Å². The molecule has 2 heterocycles. The molecule has 212 valence electrons. The van der Waals surface area contributed by atoms with Gasteiger partial charge in [-0.05, 0) is 86.1 Å². The lowest BCUT2D eigenvalue weighted by Crippen LogP contribution is -2.42. The van der Waals surface area contributed by atoms with Gasteiger partial charge in [0.15, 0.2) is 11.6 Å². The molecule has 6 rings (SSSR count). The van der Waals surface area contributed by atoms with Crippen LogP contribution >= 0.6 is 34.5 Å². The number of carbonyl (C=O) groups excluding carboxylic acids is 2. The molecule has 4 aliphatic rings. The molecule has 1 aliphatic heterocycles. The Bertz CT molecular complexity index is 1460. The molecular weight excluding hydrogens is 591 g/mol. The minimum atomic E-state index is -4.94. The van der Waals surface area contributed by atoms with Crippen molar-refractivity contribution in [3.05, 3.63) is 66.1 Å². The first-order chi connectivity index (χ1) is 19.0. The highest BCUT2D eigenvalue weighted by molar-refractivity contribution is 7.16. The molecule has 2 aromatic rings. The molecule has 1 aromatic carbocycles. The Kier molecular flexibility index (Phi) is 7.02. The van der Waals surface area contributed by atoms with Gasteiger partial charge in [0.2, 0.25) is 0 Å². The number of hydrogen-bond acceptors (Lipinski definition) is 5. The first-order valence-electron chi connectivity index (χ1n) is 13.2. The van der Waals surface area contributed by atoms with E-state index in [9.17, 15) is 27.2 Å². The number of alkyl halides is 3. The number of halogens is 6. The number of amides is 1. The summed E-state index contributed by atoms with van der Waals surface area (Å²) in [5, 5.41) is 5.60. The van der Waals surface area contributed by atoms with Crippen molar-refractivity contribution in [3.63, 3.8) is 0 Å². The summed E-state index contributed by atoms with van der Waals surface area (Å²) in [5.74, 6) is -1.03. The minimum absolute atomic E-state index is 0.0442. The van der Waals surface area contributed by atoms with E-state index in [4.69, 9.17) is 28.0 Å². The molecule has 5 nitrogen and oxygen atoms in total. The number of fused-ring (bicyclic) bond motifs is 1. The Morgan fingerprint density at radius 1 is 1.10 bits per heavy atom. The van der Waals surface area contributed by atoms with Crippen LogP contribution in [0.15, 0.2) is 28.9 Å². The second kappa shape index (κ2) is 10.1. The van der Waals surface area contributed by atoms with E-state index in [1.807, 2.05) is 6.08 Å². The van der Waals surface area contributed by atoms with Crippen molar-refractivity contribution < 1.29 is 32.0 Å². The lowest BCUT2D eigenvalue weighted by Gasteiger charge is -2.29. The van der Waals surface area contributed by atoms with E-state index in [1.54, 1.807) is 0 Å². The van der Waals surface area contributed by atoms with Crippen LogP contribution in [-0.2, 0) is 28.1 Å². The lowest BCUT2D eigenvalue weighted by molar-refractivity contribution is -0.275. The molecule has 0 bridgehead atoms.